The number of hydrogen-bond acceptors (Lipinski definition) is 3. The van der Waals surface area contributed by atoms with Crippen LogP contribution in [0.1, 0.15) is 30.0 Å². The highest BCUT2D eigenvalue weighted by atomic mass is 35.5. The van der Waals surface area contributed by atoms with Gasteiger partial charge in [-0.3, -0.25) is 0 Å². The van der Waals surface area contributed by atoms with Crippen molar-refractivity contribution in [1.82, 2.24) is 10.5 Å². The second-order valence-corrected chi connectivity index (χ2v) is 4.80. The molecular weight excluding hydrogens is 293 g/mol. The van der Waals surface area contributed by atoms with Gasteiger partial charge in [0.25, 0.3) is 0 Å². The normalized spacial score (nSPS) is 17.1. The van der Waals surface area contributed by atoms with Crippen molar-refractivity contribution in [2.45, 2.75) is 24.9 Å². The lowest BCUT2D eigenvalue weighted by Gasteiger charge is -2.20. The summed E-state index contributed by atoms with van der Waals surface area (Å²) in [4.78, 5) is 0. The molecule has 1 N–H and O–H groups in total. The van der Waals surface area contributed by atoms with Crippen LogP contribution in [0.4, 0.5) is 13.2 Å². The average molecular weight is 307 g/mol. The molecule has 0 unspecified atom stereocenters. The van der Waals surface area contributed by atoms with Crippen LogP contribution in [0.3, 0.4) is 0 Å². The third kappa shape index (κ3) is 2.76. The second-order valence-electron chi connectivity index (χ2n) is 4.80. The molecule has 7 heteroatoms. The van der Waals surface area contributed by atoms with Crippen molar-refractivity contribution in [1.29, 1.82) is 0 Å². The molecule has 2 aromatic rings. The number of halogens is 4. The van der Waals surface area contributed by atoms with Crippen LogP contribution in [-0.4, -0.2) is 18.2 Å². The van der Waals surface area contributed by atoms with Crippen molar-refractivity contribution in [2.75, 3.05) is 13.1 Å². The van der Waals surface area contributed by atoms with Crippen LogP contribution in [0.2, 0.25) is 0 Å². The molecule has 0 aliphatic carbocycles. The first-order chi connectivity index (χ1) is 9.05. The monoisotopic (exact) mass is 306 g/mol. The Kier molecular flexibility index (Phi) is 4.25. The molecule has 0 saturated carbocycles. The van der Waals surface area contributed by atoms with Crippen molar-refractivity contribution in [3.05, 3.63) is 29.5 Å². The third-order valence-corrected chi connectivity index (χ3v) is 3.55. The fraction of sp³-hybridized carbons (Fsp3) is 0.462. The first kappa shape index (κ1) is 15.1. The number of benzene rings is 1. The van der Waals surface area contributed by atoms with E-state index in [-0.39, 0.29) is 23.9 Å². The molecule has 20 heavy (non-hydrogen) atoms. The SMILES string of the molecule is Cl.FC(F)(F)c1ccc2c(C3CCNCC3)noc2c1. The van der Waals surface area contributed by atoms with Gasteiger partial charge in [-0.2, -0.15) is 13.2 Å². The number of nitrogens with one attached hydrogen (secondary N) is 1. The molecule has 1 aromatic carbocycles. The quantitative estimate of drug-likeness (QED) is 0.872. The first-order valence-corrected chi connectivity index (χ1v) is 6.23. The summed E-state index contributed by atoms with van der Waals surface area (Å²) in [6, 6.07) is 3.57. The zero-order valence-electron chi connectivity index (χ0n) is 10.5. The van der Waals surface area contributed by atoms with Crippen LogP contribution < -0.4 is 5.32 Å². The van der Waals surface area contributed by atoms with Gasteiger partial charge in [-0.1, -0.05) is 5.16 Å². The van der Waals surface area contributed by atoms with Crippen molar-refractivity contribution < 1.29 is 17.7 Å². The van der Waals surface area contributed by atoms with Gasteiger partial charge in [-0.25, -0.2) is 0 Å². The first-order valence-electron chi connectivity index (χ1n) is 6.23. The van der Waals surface area contributed by atoms with Crippen LogP contribution in [-0.2, 0) is 6.18 Å². The van der Waals surface area contributed by atoms with E-state index in [1.54, 1.807) is 0 Å². The van der Waals surface area contributed by atoms with Crippen molar-refractivity contribution in [2.24, 2.45) is 0 Å². The minimum absolute atomic E-state index is 0. The topological polar surface area (TPSA) is 38.1 Å². The zero-order chi connectivity index (χ0) is 13.5. The Bertz CT molecular complexity index is 591. The maximum absolute atomic E-state index is 12.6. The highest BCUT2D eigenvalue weighted by molar-refractivity contribution is 5.85. The Balaban J connectivity index is 0.00000147. The van der Waals surface area contributed by atoms with Crippen LogP contribution in [0.25, 0.3) is 11.0 Å². The molecule has 1 aliphatic heterocycles. The van der Waals surface area contributed by atoms with Crippen LogP contribution in [0.5, 0.6) is 0 Å². The minimum Gasteiger partial charge on any atom is -0.356 e. The van der Waals surface area contributed by atoms with E-state index in [0.717, 1.165) is 43.8 Å². The van der Waals surface area contributed by atoms with E-state index in [9.17, 15) is 13.2 Å². The average Bonchev–Trinajstić information content (AvgIpc) is 2.81. The minimum atomic E-state index is -4.35. The number of nitrogens with zero attached hydrogens (tertiary/aromatic N) is 1. The Labute approximate surface area is 119 Å². The lowest BCUT2D eigenvalue weighted by Crippen LogP contribution is -2.26. The van der Waals surface area contributed by atoms with Gasteiger partial charge in [0.1, 0.15) is 0 Å². The molecule has 0 spiro atoms. The number of rotatable bonds is 1. The molecule has 0 amide bonds. The van der Waals surface area contributed by atoms with Crippen molar-refractivity contribution in [3.8, 4) is 0 Å². The lowest BCUT2D eigenvalue weighted by atomic mass is 9.92. The van der Waals surface area contributed by atoms with Gasteiger partial charge < -0.3 is 9.84 Å². The van der Waals surface area contributed by atoms with Gasteiger partial charge in [0.05, 0.1) is 11.3 Å². The highest BCUT2D eigenvalue weighted by Crippen LogP contribution is 2.35. The van der Waals surface area contributed by atoms with E-state index in [4.69, 9.17) is 4.52 Å². The molecule has 1 aliphatic rings. The number of alkyl halides is 3. The molecule has 1 saturated heterocycles. The van der Waals surface area contributed by atoms with E-state index in [0.29, 0.717) is 5.39 Å². The third-order valence-electron chi connectivity index (χ3n) is 3.55. The summed E-state index contributed by atoms with van der Waals surface area (Å²) in [6.07, 6.45) is -2.48. The maximum atomic E-state index is 12.6. The van der Waals surface area contributed by atoms with Gasteiger partial charge in [-0.05, 0) is 44.1 Å². The lowest BCUT2D eigenvalue weighted by molar-refractivity contribution is -0.137. The predicted molar refractivity (Wildman–Crippen MR) is 71.1 cm³/mol. The Morgan fingerprint density at radius 1 is 1.20 bits per heavy atom. The Morgan fingerprint density at radius 2 is 1.90 bits per heavy atom. The predicted octanol–water partition coefficient (Wildman–Crippen LogP) is 3.74. The largest absolute Gasteiger partial charge is 0.416 e. The van der Waals surface area contributed by atoms with Crippen LogP contribution in [0.15, 0.2) is 22.7 Å². The maximum Gasteiger partial charge on any atom is 0.416 e. The number of hydrogen-bond donors (Lipinski definition) is 1. The Morgan fingerprint density at radius 3 is 2.55 bits per heavy atom. The number of piperidine rings is 1. The van der Waals surface area contributed by atoms with E-state index in [2.05, 4.69) is 10.5 Å². The molecule has 0 radical (unpaired) electrons. The molecule has 2 heterocycles. The van der Waals surface area contributed by atoms with Crippen molar-refractivity contribution in [3.63, 3.8) is 0 Å². The summed E-state index contributed by atoms with van der Waals surface area (Å²) in [5, 5.41) is 7.91. The molecular formula is C13H14ClF3N2O. The van der Waals surface area contributed by atoms with Gasteiger partial charge in [0, 0.05) is 11.3 Å². The summed E-state index contributed by atoms with van der Waals surface area (Å²) in [6.45, 7) is 1.80. The summed E-state index contributed by atoms with van der Waals surface area (Å²) in [5.41, 5.74) is 0.293. The summed E-state index contributed by atoms with van der Waals surface area (Å²) in [7, 11) is 0. The molecule has 0 bridgehead atoms. The van der Waals surface area contributed by atoms with Crippen LogP contribution in [0, 0.1) is 0 Å². The molecule has 3 nitrogen and oxygen atoms in total. The van der Waals surface area contributed by atoms with E-state index in [1.165, 1.54) is 6.07 Å². The summed E-state index contributed by atoms with van der Waals surface area (Å²) >= 11 is 0. The van der Waals surface area contributed by atoms with E-state index in [1.807, 2.05) is 0 Å². The van der Waals surface area contributed by atoms with Gasteiger partial charge >= 0.3 is 6.18 Å². The Hall–Kier alpha value is -1.27. The smallest absolute Gasteiger partial charge is 0.356 e. The van der Waals surface area contributed by atoms with E-state index >= 15 is 0 Å². The van der Waals surface area contributed by atoms with Gasteiger partial charge in [0.15, 0.2) is 5.58 Å². The van der Waals surface area contributed by atoms with Gasteiger partial charge in [0.2, 0.25) is 0 Å². The molecule has 110 valence electrons. The highest BCUT2D eigenvalue weighted by Gasteiger charge is 2.31. The van der Waals surface area contributed by atoms with Crippen LogP contribution >= 0.6 is 12.4 Å². The summed E-state index contributed by atoms with van der Waals surface area (Å²) < 4.78 is 42.9. The number of aromatic nitrogens is 1. The number of fused-ring (bicyclic) bond motifs is 1. The zero-order valence-corrected chi connectivity index (χ0v) is 11.4. The van der Waals surface area contributed by atoms with Crippen molar-refractivity contribution >= 4 is 23.4 Å². The second kappa shape index (κ2) is 5.61. The van der Waals surface area contributed by atoms with E-state index < -0.39 is 11.7 Å². The summed E-state index contributed by atoms with van der Waals surface area (Å²) in [5.74, 6) is 0.263. The standard InChI is InChI=1S/C13H13F3N2O.ClH/c14-13(15,16)9-1-2-10-11(7-9)19-18-12(10)8-3-5-17-6-4-8;/h1-2,7-8,17H,3-6H2;1H. The molecule has 0 atom stereocenters. The molecule has 1 fully saturated rings. The molecule has 1 aromatic heterocycles. The fourth-order valence-electron chi connectivity index (χ4n) is 2.52. The fourth-order valence-corrected chi connectivity index (χ4v) is 2.52. The molecule has 3 rings (SSSR count). The van der Waals surface area contributed by atoms with Gasteiger partial charge in [-0.15, -0.1) is 12.4 Å².